The second-order valence-electron chi connectivity index (χ2n) is 7.03. The average molecular weight is 336 g/mol. The third kappa shape index (κ3) is 3.70. The van der Waals surface area contributed by atoms with E-state index in [9.17, 15) is 14.3 Å². The lowest BCUT2D eigenvalue weighted by molar-refractivity contribution is -0.121. The van der Waals surface area contributed by atoms with Gasteiger partial charge in [-0.3, -0.25) is 9.69 Å². The minimum absolute atomic E-state index is 0.0962. The summed E-state index contributed by atoms with van der Waals surface area (Å²) >= 11 is 0. The Hall–Kier alpha value is -1.66. The van der Waals surface area contributed by atoms with E-state index >= 15 is 0 Å². The van der Waals surface area contributed by atoms with E-state index in [1.54, 1.807) is 6.07 Å². The number of hydrogen-bond donors (Lipinski definition) is 2. The van der Waals surface area contributed by atoms with Crippen molar-refractivity contribution in [1.29, 1.82) is 0 Å². The number of amides is 1. The third-order valence-electron chi connectivity index (χ3n) is 5.23. The molecule has 1 aromatic rings. The van der Waals surface area contributed by atoms with Crippen LogP contribution in [-0.2, 0) is 11.3 Å². The highest BCUT2D eigenvalue weighted by Crippen LogP contribution is 2.37. The van der Waals surface area contributed by atoms with Gasteiger partial charge in [0.15, 0.2) is 11.6 Å². The summed E-state index contributed by atoms with van der Waals surface area (Å²) in [5, 5.41) is 13.1. The number of rotatable bonds is 4. The summed E-state index contributed by atoms with van der Waals surface area (Å²) in [6.07, 6.45) is 1.04. The van der Waals surface area contributed by atoms with Gasteiger partial charge in [-0.25, -0.2) is 4.39 Å². The van der Waals surface area contributed by atoms with Gasteiger partial charge in [-0.2, -0.15) is 0 Å². The van der Waals surface area contributed by atoms with Crippen LogP contribution >= 0.6 is 0 Å². The fourth-order valence-electron chi connectivity index (χ4n) is 4.14. The minimum atomic E-state index is -0.478. The molecule has 3 rings (SSSR count). The predicted molar refractivity (Wildman–Crippen MR) is 88.1 cm³/mol. The van der Waals surface area contributed by atoms with Crippen molar-refractivity contribution < 1.29 is 19.0 Å². The molecule has 2 fully saturated rings. The van der Waals surface area contributed by atoms with Gasteiger partial charge in [-0.1, -0.05) is 6.07 Å². The second kappa shape index (κ2) is 7.07. The maximum absolute atomic E-state index is 13.8. The quantitative estimate of drug-likeness (QED) is 0.876. The number of fused-ring (bicyclic) bond motifs is 1. The zero-order valence-electron chi connectivity index (χ0n) is 14.2. The van der Waals surface area contributed by atoms with Gasteiger partial charge in [-0.05, 0) is 42.4 Å². The maximum Gasteiger partial charge on any atom is 0.217 e. The number of methoxy groups -OCH3 is 1. The van der Waals surface area contributed by atoms with Crippen LogP contribution in [0.3, 0.4) is 0 Å². The molecule has 1 aliphatic heterocycles. The third-order valence-corrected chi connectivity index (χ3v) is 5.23. The van der Waals surface area contributed by atoms with Crippen molar-refractivity contribution in [3.05, 3.63) is 29.6 Å². The summed E-state index contributed by atoms with van der Waals surface area (Å²) in [4.78, 5) is 13.6. The molecule has 0 unspecified atom stereocenters. The van der Waals surface area contributed by atoms with Crippen LogP contribution in [0.1, 0.15) is 25.3 Å². The number of carbonyl (C=O) groups excluding carboxylic acids is 1. The normalized spacial score (nSPS) is 30.0. The molecule has 1 saturated heterocycles. The monoisotopic (exact) mass is 336 g/mol. The SMILES string of the molecule is COc1ccc(CN2C[C@H]3C[C@@H](NC(C)=O)[C@H](O)C[C@H]3C2)cc1F. The number of ether oxygens (including phenoxy) is 1. The number of aliphatic hydroxyl groups excluding tert-OH is 1. The maximum atomic E-state index is 13.8. The summed E-state index contributed by atoms with van der Waals surface area (Å²) in [5.74, 6) is 0.727. The topological polar surface area (TPSA) is 61.8 Å². The Labute approximate surface area is 141 Å². The molecule has 2 aliphatic rings. The molecule has 1 saturated carbocycles. The summed E-state index contributed by atoms with van der Waals surface area (Å²) in [5.41, 5.74) is 0.922. The van der Waals surface area contributed by atoms with Gasteiger partial charge >= 0.3 is 0 Å². The van der Waals surface area contributed by atoms with Crippen LogP contribution in [0.2, 0.25) is 0 Å². The summed E-state index contributed by atoms with van der Waals surface area (Å²) in [6, 6.07) is 4.92. The molecule has 1 aliphatic carbocycles. The summed E-state index contributed by atoms with van der Waals surface area (Å²) in [7, 11) is 1.46. The highest BCUT2D eigenvalue weighted by atomic mass is 19.1. The van der Waals surface area contributed by atoms with E-state index in [0.717, 1.165) is 25.1 Å². The van der Waals surface area contributed by atoms with E-state index in [4.69, 9.17) is 4.74 Å². The number of benzene rings is 1. The Balaban J connectivity index is 1.61. The number of aliphatic hydroxyl groups is 1. The van der Waals surface area contributed by atoms with Crippen molar-refractivity contribution in [2.75, 3.05) is 20.2 Å². The summed E-state index contributed by atoms with van der Waals surface area (Å²) < 4.78 is 18.8. The van der Waals surface area contributed by atoms with Crippen molar-refractivity contribution in [3.8, 4) is 5.75 Å². The van der Waals surface area contributed by atoms with E-state index in [-0.39, 0.29) is 23.5 Å². The average Bonchev–Trinajstić information content (AvgIpc) is 2.88. The molecule has 1 heterocycles. The first-order valence-corrected chi connectivity index (χ1v) is 8.46. The fraction of sp³-hybridized carbons (Fsp3) is 0.611. The fourth-order valence-corrected chi connectivity index (χ4v) is 4.14. The van der Waals surface area contributed by atoms with Gasteiger partial charge in [0.1, 0.15) is 0 Å². The molecule has 6 heteroatoms. The first kappa shape index (κ1) is 17.2. The van der Waals surface area contributed by atoms with Gasteiger partial charge in [-0.15, -0.1) is 0 Å². The van der Waals surface area contributed by atoms with Crippen LogP contribution in [0.5, 0.6) is 5.75 Å². The highest BCUT2D eigenvalue weighted by Gasteiger charge is 2.41. The van der Waals surface area contributed by atoms with E-state index in [1.807, 2.05) is 6.07 Å². The van der Waals surface area contributed by atoms with Crippen LogP contribution < -0.4 is 10.1 Å². The largest absolute Gasteiger partial charge is 0.494 e. The Morgan fingerprint density at radius 2 is 2.08 bits per heavy atom. The number of carbonyl (C=O) groups is 1. The molecule has 5 nitrogen and oxygen atoms in total. The van der Waals surface area contributed by atoms with Gasteiger partial charge in [0.05, 0.1) is 19.3 Å². The van der Waals surface area contributed by atoms with Crippen molar-refractivity contribution in [1.82, 2.24) is 10.2 Å². The van der Waals surface area contributed by atoms with Crippen LogP contribution in [-0.4, -0.2) is 48.3 Å². The molecule has 0 radical (unpaired) electrons. The lowest BCUT2D eigenvalue weighted by Gasteiger charge is -2.35. The molecular formula is C18H25FN2O3. The van der Waals surface area contributed by atoms with Crippen LogP contribution in [0.4, 0.5) is 4.39 Å². The Morgan fingerprint density at radius 3 is 2.71 bits per heavy atom. The van der Waals surface area contributed by atoms with Gasteiger partial charge < -0.3 is 15.2 Å². The van der Waals surface area contributed by atoms with E-state index < -0.39 is 6.10 Å². The first-order chi connectivity index (χ1) is 11.5. The number of nitrogens with zero attached hydrogens (tertiary/aromatic N) is 1. The molecule has 0 spiro atoms. The highest BCUT2D eigenvalue weighted by molar-refractivity contribution is 5.73. The molecule has 4 atom stereocenters. The van der Waals surface area contributed by atoms with Crippen molar-refractivity contribution >= 4 is 5.91 Å². The molecule has 132 valence electrons. The Bertz CT molecular complexity index is 610. The van der Waals surface area contributed by atoms with Crippen molar-refractivity contribution in [2.24, 2.45) is 11.8 Å². The summed E-state index contributed by atoms with van der Waals surface area (Å²) in [6.45, 7) is 4.00. The number of hydrogen-bond acceptors (Lipinski definition) is 4. The number of nitrogens with one attached hydrogen (secondary N) is 1. The number of likely N-dealkylation sites (tertiary alicyclic amines) is 1. The zero-order valence-corrected chi connectivity index (χ0v) is 14.2. The molecule has 2 N–H and O–H groups in total. The molecule has 1 amide bonds. The van der Waals surface area contributed by atoms with Gasteiger partial charge in [0.25, 0.3) is 0 Å². The lowest BCUT2D eigenvalue weighted by atomic mass is 9.77. The Morgan fingerprint density at radius 1 is 1.38 bits per heavy atom. The second-order valence-corrected chi connectivity index (χ2v) is 7.03. The first-order valence-electron chi connectivity index (χ1n) is 8.46. The van der Waals surface area contributed by atoms with Gasteiger partial charge in [0, 0.05) is 26.6 Å². The Kier molecular flexibility index (Phi) is 5.06. The van der Waals surface area contributed by atoms with E-state index in [2.05, 4.69) is 10.2 Å². The predicted octanol–water partition coefficient (Wildman–Crippen LogP) is 1.54. The molecule has 24 heavy (non-hydrogen) atoms. The van der Waals surface area contributed by atoms with Crippen LogP contribution in [0.15, 0.2) is 18.2 Å². The van der Waals surface area contributed by atoms with E-state index in [1.165, 1.54) is 20.1 Å². The molecule has 0 bridgehead atoms. The molecule has 1 aromatic carbocycles. The number of halogens is 1. The zero-order chi connectivity index (χ0) is 17.3. The lowest BCUT2D eigenvalue weighted by Crippen LogP contribution is -2.48. The smallest absolute Gasteiger partial charge is 0.217 e. The minimum Gasteiger partial charge on any atom is -0.494 e. The van der Waals surface area contributed by atoms with Crippen LogP contribution in [0, 0.1) is 17.7 Å². The van der Waals surface area contributed by atoms with Crippen molar-refractivity contribution in [3.63, 3.8) is 0 Å². The van der Waals surface area contributed by atoms with E-state index in [0.29, 0.717) is 24.8 Å². The van der Waals surface area contributed by atoms with Gasteiger partial charge in [0.2, 0.25) is 5.91 Å². The van der Waals surface area contributed by atoms with Crippen LogP contribution in [0.25, 0.3) is 0 Å². The molecule has 0 aromatic heterocycles. The van der Waals surface area contributed by atoms with Crippen molar-refractivity contribution in [2.45, 2.75) is 38.5 Å². The standard InChI is InChI=1S/C18H25FN2O3/c1-11(22)20-16-6-13-9-21(10-14(13)7-17(16)23)8-12-3-4-18(24-2)15(19)5-12/h3-5,13-14,16-17,23H,6-10H2,1-2H3,(H,20,22)/t13-,14+,16-,17-/m1/s1. The molecular weight excluding hydrogens is 311 g/mol.